The van der Waals surface area contributed by atoms with Gasteiger partial charge in [-0.3, -0.25) is 4.79 Å². The molecule has 4 aromatic rings. The van der Waals surface area contributed by atoms with Gasteiger partial charge in [-0.2, -0.15) is 0 Å². The second kappa shape index (κ2) is 11.7. The molecule has 4 aromatic carbocycles. The summed E-state index contributed by atoms with van der Waals surface area (Å²) in [5.74, 6) is -0.226. The van der Waals surface area contributed by atoms with Crippen LogP contribution < -0.4 is 4.72 Å². The zero-order valence-electron chi connectivity index (χ0n) is 23.7. The van der Waals surface area contributed by atoms with Crippen LogP contribution in [-0.4, -0.2) is 33.3 Å². The van der Waals surface area contributed by atoms with Crippen LogP contribution in [0.5, 0.6) is 0 Å². The lowest BCUT2D eigenvalue weighted by atomic mass is 9.83. The van der Waals surface area contributed by atoms with Crippen LogP contribution in [0.2, 0.25) is 0 Å². The van der Waals surface area contributed by atoms with Crippen molar-refractivity contribution in [3.63, 3.8) is 0 Å². The Morgan fingerprint density at radius 2 is 1.41 bits per heavy atom. The first-order chi connectivity index (χ1) is 18.5. The molecule has 0 saturated heterocycles. The van der Waals surface area contributed by atoms with Gasteiger partial charge in [0.1, 0.15) is 0 Å². The highest BCUT2D eigenvalue weighted by molar-refractivity contribution is 7.90. The van der Waals surface area contributed by atoms with Gasteiger partial charge in [0, 0.05) is 6.54 Å². The van der Waals surface area contributed by atoms with E-state index in [4.69, 9.17) is 0 Å². The molecule has 0 aliphatic carbocycles. The lowest BCUT2D eigenvalue weighted by Gasteiger charge is -2.22. The molecule has 0 atom stereocenters. The van der Waals surface area contributed by atoms with Crippen molar-refractivity contribution in [3.05, 3.63) is 101 Å². The standard InChI is InChI=1S/C33H38N2O3S/c1-22(2)30-18-26(29-13-9-11-25-10-7-8-12-28(25)29)19-31(23(3)4)32(30)20-33(36)34-39(37,38)27-16-14-24(15-17-27)21-35(5)6/h7-19,22-23H,20-21H2,1-6H3,(H,34,36). The van der Waals surface area contributed by atoms with Crippen molar-refractivity contribution < 1.29 is 13.2 Å². The molecular weight excluding hydrogens is 504 g/mol. The number of fused-ring (bicyclic) bond motifs is 1. The zero-order chi connectivity index (χ0) is 28.3. The Balaban J connectivity index is 1.68. The average Bonchev–Trinajstić information content (AvgIpc) is 2.87. The van der Waals surface area contributed by atoms with Crippen molar-refractivity contribution in [2.24, 2.45) is 0 Å². The van der Waals surface area contributed by atoms with Crippen molar-refractivity contribution >= 4 is 26.7 Å². The molecule has 1 N–H and O–H groups in total. The second-order valence-corrected chi connectivity index (χ2v) is 12.7. The number of nitrogens with zero attached hydrogens (tertiary/aromatic N) is 1. The predicted molar refractivity (Wildman–Crippen MR) is 160 cm³/mol. The molecule has 4 rings (SSSR count). The van der Waals surface area contributed by atoms with Gasteiger partial charge < -0.3 is 4.90 Å². The van der Waals surface area contributed by atoms with Crippen LogP contribution in [0.25, 0.3) is 21.9 Å². The maximum atomic E-state index is 13.2. The fourth-order valence-corrected chi connectivity index (χ4v) is 6.11. The Kier molecular flexibility index (Phi) is 8.57. The molecule has 0 unspecified atom stereocenters. The lowest BCUT2D eigenvalue weighted by Crippen LogP contribution is -2.32. The highest BCUT2D eigenvalue weighted by Crippen LogP contribution is 2.36. The number of sulfonamides is 1. The molecule has 5 nitrogen and oxygen atoms in total. The second-order valence-electron chi connectivity index (χ2n) is 11.1. The van der Waals surface area contributed by atoms with E-state index in [1.807, 2.05) is 31.1 Å². The first-order valence-electron chi connectivity index (χ1n) is 13.4. The van der Waals surface area contributed by atoms with Gasteiger partial charge >= 0.3 is 0 Å². The van der Waals surface area contributed by atoms with Gasteiger partial charge in [0.2, 0.25) is 5.91 Å². The van der Waals surface area contributed by atoms with E-state index < -0.39 is 15.9 Å². The number of nitrogens with one attached hydrogen (secondary N) is 1. The fourth-order valence-electron chi connectivity index (χ4n) is 5.13. The minimum absolute atomic E-state index is 0.00517. The third-order valence-electron chi connectivity index (χ3n) is 6.98. The molecule has 0 aliphatic heterocycles. The molecule has 39 heavy (non-hydrogen) atoms. The smallest absolute Gasteiger partial charge is 0.264 e. The van der Waals surface area contributed by atoms with E-state index in [9.17, 15) is 13.2 Å². The molecule has 204 valence electrons. The summed E-state index contributed by atoms with van der Waals surface area (Å²) < 4.78 is 28.4. The minimum Gasteiger partial charge on any atom is -0.305 e. The summed E-state index contributed by atoms with van der Waals surface area (Å²) in [6.07, 6.45) is -0.00517. The zero-order valence-corrected chi connectivity index (χ0v) is 24.5. The molecule has 6 heteroatoms. The minimum atomic E-state index is -3.98. The molecule has 0 fully saturated rings. The van der Waals surface area contributed by atoms with Crippen molar-refractivity contribution in [1.82, 2.24) is 9.62 Å². The molecule has 0 heterocycles. The summed E-state index contributed by atoms with van der Waals surface area (Å²) in [5.41, 5.74) is 6.27. The van der Waals surface area contributed by atoms with Crippen LogP contribution in [0.4, 0.5) is 0 Å². The first kappa shape index (κ1) is 28.5. The molecule has 0 aromatic heterocycles. The molecule has 0 aliphatic rings. The van der Waals surface area contributed by atoms with Gasteiger partial charge in [-0.15, -0.1) is 0 Å². The van der Waals surface area contributed by atoms with Gasteiger partial charge in [0.25, 0.3) is 10.0 Å². The van der Waals surface area contributed by atoms with Crippen molar-refractivity contribution in [3.8, 4) is 11.1 Å². The Hall–Kier alpha value is -3.48. The average molecular weight is 543 g/mol. The summed E-state index contributed by atoms with van der Waals surface area (Å²) in [7, 11) is -0.0703. The van der Waals surface area contributed by atoms with E-state index in [2.05, 4.69) is 74.9 Å². The van der Waals surface area contributed by atoms with Crippen LogP contribution in [0, 0.1) is 0 Å². The van der Waals surface area contributed by atoms with Gasteiger partial charge in [-0.1, -0.05) is 94.4 Å². The maximum absolute atomic E-state index is 13.2. The van der Waals surface area contributed by atoms with E-state index in [0.29, 0.717) is 6.54 Å². The normalized spacial score (nSPS) is 12.0. The highest BCUT2D eigenvalue weighted by Gasteiger charge is 2.23. The number of carbonyl (C=O) groups is 1. The van der Waals surface area contributed by atoms with Crippen molar-refractivity contribution in [2.45, 2.75) is 57.4 Å². The molecule has 0 spiro atoms. The first-order valence-corrected chi connectivity index (χ1v) is 14.9. The predicted octanol–water partition coefficient (Wildman–Crippen LogP) is 6.86. The highest BCUT2D eigenvalue weighted by atomic mass is 32.2. The van der Waals surface area contributed by atoms with Gasteiger partial charge in [0.15, 0.2) is 0 Å². The summed E-state index contributed by atoms with van der Waals surface area (Å²) >= 11 is 0. The van der Waals surface area contributed by atoms with E-state index in [1.54, 1.807) is 24.3 Å². The van der Waals surface area contributed by atoms with Gasteiger partial charge in [-0.05, 0) is 82.2 Å². The van der Waals surface area contributed by atoms with Crippen LogP contribution in [0.15, 0.2) is 83.8 Å². The summed E-state index contributed by atoms with van der Waals surface area (Å²) in [4.78, 5) is 15.3. The van der Waals surface area contributed by atoms with Crippen LogP contribution in [0.3, 0.4) is 0 Å². The molecular formula is C33H38N2O3S. The number of rotatable bonds is 9. The van der Waals surface area contributed by atoms with E-state index in [1.165, 1.54) is 10.8 Å². The molecule has 1 amide bonds. The van der Waals surface area contributed by atoms with E-state index in [-0.39, 0.29) is 23.2 Å². The third kappa shape index (κ3) is 6.57. The quantitative estimate of drug-likeness (QED) is 0.251. The summed E-state index contributed by atoms with van der Waals surface area (Å²) in [5, 5.41) is 2.35. The number of benzene rings is 4. The van der Waals surface area contributed by atoms with E-state index in [0.717, 1.165) is 33.4 Å². The van der Waals surface area contributed by atoms with Crippen LogP contribution in [-0.2, 0) is 27.8 Å². The third-order valence-corrected chi connectivity index (χ3v) is 8.37. The molecule has 0 bridgehead atoms. The largest absolute Gasteiger partial charge is 0.305 e. The number of carbonyl (C=O) groups excluding carboxylic acids is 1. The Morgan fingerprint density at radius 1 is 0.821 bits per heavy atom. The van der Waals surface area contributed by atoms with E-state index >= 15 is 0 Å². The fraction of sp³-hybridized carbons (Fsp3) is 0.303. The number of amides is 1. The lowest BCUT2D eigenvalue weighted by molar-refractivity contribution is -0.118. The summed E-state index contributed by atoms with van der Waals surface area (Å²) in [6, 6.07) is 25.6. The molecule has 0 saturated carbocycles. The van der Waals surface area contributed by atoms with Crippen LogP contribution >= 0.6 is 0 Å². The topological polar surface area (TPSA) is 66.5 Å². The number of hydrogen-bond donors (Lipinski definition) is 1. The SMILES string of the molecule is CC(C)c1cc(-c2cccc3ccccc23)cc(C(C)C)c1CC(=O)NS(=O)(=O)c1ccc(CN(C)C)cc1. The maximum Gasteiger partial charge on any atom is 0.264 e. The Bertz CT molecular complexity index is 1550. The Morgan fingerprint density at radius 3 is 2.00 bits per heavy atom. The van der Waals surface area contributed by atoms with Gasteiger partial charge in [-0.25, -0.2) is 13.1 Å². The van der Waals surface area contributed by atoms with Crippen LogP contribution in [0.1, 0.15) is 61.8 Å². The number of hydrogen-bond acceptors (Lipinski definition) is 4. The van der Waals surface area contributed by atoms with Crippen molar-refractivity contribution in [1.29, 1.82) is 0 Å². The van der Waals surface area contributed by atoms with Gasteiger partial charge in [0.05, 0.1) is 11.3 Å². The van der Waals surface area contributed by atoms with Crippen molar-refractivity contribution in [2.75, 3.05) is 14.1 Å². The monoisotopic (exact) mass is 542 g/mol. The summed E-state index contributed by atoms with van der Waals surface area (Å²) in [6.45, 7) is 9.15. The molecule has 0 radical (unpaired) electrons. The Labute approximate surface area is 232 Å².